The van der Waals surface area contributed by atoms with E-state index < -0.39 is 0 Å². The minimum absolute atomic E-state index is 0.174. The molecule has 0 fully saturated rings. The Hall–Kier alpha value is -1.63. The number of hydrogen-bond acceptors (Lipinski definition) is 0. The summed E-state index contributed by atoms with van der Waals surface area (Å²) in [6.07, 6.45) is 11.7. The molecule has 0 saturated heterocycles. The lowest BCUT2D eigenvalue weighted by atomic mass is 10.00. The van der Waals surface area contributed by atoms with E-state index in [1.807, 2.05) is 39.0 Å². The van der Waals surface area contributed by atoms with Gasteiger partial charge in [-0.1, -0.05) is 36.5 Å². The van der Waals surface area contributed by atoms with Gasteiger partial charge >= 0.3 is 0 Å². The van der Waals surface area contributed by atoms with Crippen molar-refractivity contribution in [3.05, 3.63) is 71.2 Å². The Bertz CT molecular complexity index is 454. The first-order valence-electron chi connectivity index (χ1n) is 5.79. The van der Waals surface area contributed by atoms with Gasteiger partial charge in [0.1, 0.15) is 5.83 Å². The average Bonchev–Trinajstić information content (AvgIpc) is 2.50. The van der Waals surface area contributed by atoms with Crippen LogP contribution in [0.4, 0.5) is 4.39 Å². The number of hydrogen-bond donors (Lipinski definition) is 0. The van der Waals surface area contributed by atoms with E-state index in [4.69, 9.17) is 0 Å². The minimum Gasteiger partial charge on any atom is -0.207 e. The van der Waals surface area contributed by atoms with Gasteiger partial charge in [0.2, 0.25) is 0 Å². The van der Waals surface area contributed by atoms with Crippen molar-refractivity contribution in [2.24, 2.45) is 0 Å². The maximum absolute atomic E-state index is 13.1. The summed E-state index contributed by atoms with van der Waals surface area (Å²) in [7, 11) is 0. The van der Waals surface area contributed by atoms with Gasteiger partial charge in [-0.3, -0.25) is 0 Å². The van der Waals surface area contributed by atoms with Gasteiger partial charge in [-0.2, -0.15) is 0 Å². The van der Waals surface area contributed by atoms with Crippen LogP contribution in [-0.2, 0) is 0 Å². The monoisotopic (exact) mass is 230 g/mol. The van der Waals surface area contributed by atoms with Gasteiger partial charge in [0.25, 0.3) is 0 Å². The molecule has 90 valence electrons. The van der Waals surface area contributed by atoms with Gasteiger partial charge in [0.05, 0.1) is 0 Å². The van der Waals surface area contributed by atoms with Crippen molar-refractivity contribution >= 4 is 0 Å². The molecule has 0 heterocycles. The molecule has 0 amide bonds. The molecule has 0 aromatic rings. The summed E-state index contributed by atoms with van der Waals surface area (Å²) < 4.78 is 13.1. The number of allylic oxidation sites excluding steroid dienone is 11. The third kappa shape index (κ3) is 4.03. The summed E-state index contributed by atoms with van der Waals surface area (Å²) in [5.74, 6) is -0.174. The van der Waals surface area contributed by atoms with Crippen LogP contribution in [0.3, 0.4) is 0 Å². The van der Waals surface area contributed by atoms with Gasteiger partial charge in [-0.05, 0) is 56.1 Å². The largest absolute Gasteiger partial charge is 0.207 e. The van der Waals surface area contributed by atoms with Crippen LogP contribution < -0.4 is 0 Å². The normalized spacial score (nSPS) is 17.4. The van der Waals surface area contributed by atoms with Crippen LogP contribution in [-0.4, -0.2) is 0 Å². The van der Waals surface area contributed by atoms with E-state index in [2.05, 4.69) is 12.7 Å². The average molecular weight is 230 g/mol. The van der Waals surface area contributed by atoms with Gasteiger partial charge < -0.3 is 0 Å². The highest BCUT2D eigenvalue weighted by Gasteiger charge is 2.02. The van der Waals surface area contributed by atoms with Crippen LogP contribution >= 0.6 is 0 Å². The quantitative estimate of drug-likeness (QED) is 0.585. The smallest absolute Gasteiger partial charge is 0.119 e. The van der Waals surface area contributed by atoms with Crippen LogP contribution in [0.15, 0.2) is 71.2 Å². The van der Waals surface area contributed by atoms with Gasteiger partial charge in [0, 0.05) is 0 Å². The maximum atomic E-state index is 13.1. The summed E-state index contributed by atoms with van der Waals surface area (Å²) in [5, 5.41) is 0. The number of halogens is 1. The summed E-state index contributed by atoms with van der Waals surface area (Å²) in [4.78, 5) is 0. The van der Waals surface area contributed by atoms with Crippen molar-refractivity contribution in [2.75, 3.05) is 0 Å². The molecule has 0 unspecified atom stereocenters. The molecule has 1 rings (SSSR count). The zero-order valence-corrected chi connectivity index (χ0v) is 10.8. The van der Waals surface area contributed by atoms with Crippen molar-refractivity contribution in [3.8, 4) is 0 Å². The van der Waals surface area contributed by atoms with E-state index >= 15 is 0 Å². The van der Waals surface area contributed by atoms with E-state index in [1.165, 1.54) is 6.08 Å². The lowest BCUT2D eigenvalue weighted by Gasteiger charge is -2.05. The van der Waals surface area contributed by atoms with Crippen molar-refractivity contribution in [1.29, 1.82) is 0 Å². The second-order valence-corrected chi connectivity index (χ2v) is 4.17. The van der Waals surface area contributed by atoms with E-state index in [-0.39, 0.29) is 5.83 Å². The molecule has 0 saturated carbocycles. The molecular weight excluding hydrogens is 211 g/mol. The molecule has 0 N–H and O–H groups in total. The van der Waals surface area contributed by atoms with E-state index in [1.54, 1.807) is 6.08 Å². The standard InChI is InChI=1S/C16H19F/c1-5-14(11-13(4)12(2)3)15-7-6-8-16(17)10-9-15/h5,7-11H,2,6H2,1,3-4H3/b13-11-,14-5?. The van der Waals surface area contributed by atoms with Crippen LogP contribution in [0.2, 0.25) is 0 Å². The van der Waals surface area contributed by atoms with Gasteiger partial charge in [-0.25, -0.2) is 4.39 Å². The summed E-state index contributed by atoms with van der Waals surface area (Å²) in [6, 6.07) is 0. The molecule has 1 aliphatic carbocycles. The highest BCUT2D eigenvalue weighted by Crippen LogP contribution is 2.21. The van der Waals surface area contributed by atoms with E-state index in [9.17, 15) is 4.39 Å². The van der Waals surface area contributed by atoms with E-state index in [0.717, 1.165) is 22.3 Å². The molecule has 1 heteroatoms. The maximum Gasteiger partial charge on any atom is 0.119 e. The molecule has 0 radical (unpaired) electrons. The molecule has 1 aliphatic rings. The molecule has 0 aromatic heterocycles. The van der Waals surface area contributed by atoms with Crippen LogP contribution in [0.25, 0.3) is 0 Å². The first kappa shape index (κ1) is 13.4. The van der Waals surface area contributed by atoms with Crippen molar-refractivity contribution < 1.29 is 4.39 Å². The summed E-state index contributed by atoms with van der Waals surface area (Å²) in [6.45, 7) is 9.92. The molecule has 0 atom stereocenters. The van der Waals surface area contributed by atoms with Crippen molar-refractivity contribution in [1.82, 2.24) is 0 Å². The predicted octanol–water partition coefficient (Wildman–Crippen LogP) is 5.19. The molecular formula is C16H19F. The highest BCUT2D eigenvalue weighted by atomic mass is 19.1. The predicted molar refractivity (Wildman–Crippen MR) is 73.4 cm³/mol. The zero-order valence-electron chi connectivity index (χ0n) is 10.8. The Morgan fingerprint density at radius 3 is 2.59 bits per heavy atom. The molecule has 0 nitrogen and oxygen atoms in total. The Morgan fingerprint density at radius 2 is 2.00 bits per heavy atom. The number of rotatable bonds is 3. The minimum atomic E-state index is -0.174. The third-order valence-corrected chi connectivity index (χ3v) is 2.76. The van der Waals surface area contributed by atoms with Gasteiger partial charge in [0.15, 0.2) is 0 Å². The first-order valence-corrected chi connectivity index (χ1v) is 5.79. The fourth-order valence-corrected chi connectivity index (χ4v) is 1.51. The zero-order chi connectivity index (χ0) is 12.8. The first-order chi connectivity index (χ1) is 8.04. The van der Waals surface area contributed by atoms with Crippen LogP contribution in [0.1, 0.15) is 27.2 Å². The lowest BCUT2D eigenvalue weighted by molar-refractivity contribution is 0.663. The van der Waals surface area contributed by atoms with Gasteiger partial charge in [-0.15, -0.1) is 0 Å². The topological polar surface area (TPSA) is 0 Å². The second-order valence-electron chi connectivity index (χ2n) is 4.17. The second kappa shape index (κ2) is 6.19. The Balaban J connectivity index is 2.99. The third-order valence-electron chi connectivity index (χ3n) is 2.76. The van der Waals surface area contributed by atoms with Crippen LogP contribution in [0.5, 0.6) is 0 Å². The fourth-order valence-electron chi connectivity index (χ4n) is 1.51. The molecule has 0 aromatic carbocycles. The summed E-state index contributed by atoms with van der Waals surface area (Å²) >= 11 is 0. The fraction of sp³-hybridized carbons (Fsp3) is 0.250. The molecule has 0 bridgehead atoms. The Morgan fingerprint density at radius 1 is 1.29 bits per heavy atom. The van der Waals surface area contributed by atoms with Crippen molar-refractivity contribution in [2.45, 2.75) is 27.2 Å². The van der Waals surface area contributed by atoms with Crippen molar-refractivity contribution in [3.63, 3.8) is 0 Å². The van der Waals surface area contributed by atoms with Crippen LogP contribution in [0, 0.1) is 0 Å². The van der Waals surface area contributed by atoms with E-state index in [0.29, 0.717) is 6.42 Å². The Labute approximate surface area is 103 Å². The molecule has 17 heavy (non-hydrogen) atoms. The SMILES string of the molecule is C=C(C)/C(C)=C\C(=CC)C1=CCC=C(F)C=C1. The lowest BCUT2D eigenvalue weighted by Crippen LogP contribution is -1.86. The molecule has 0 spiro atoms. The highest BCUT2D eigenvalue weighted by molar-refractivity contribution is 5.51. The Kier molecular flexibility index (Phi) is 4.89. The molecule has 0 aliphatic heterocycles. The summed E-state index contributed by atoms with van der Waals surface area (Å²) in [5.41, 5.74) is 4.35.